The number of ether oxygens (including phenoxy) is 2. The molecular formula is C13H22O3. The van der Waals surface area contributed by atoms with Crippen LogP contribution in [0.2, 0.25) is 0 Å². The Morgan fingerprint density at radius 2 is 1.56 bits per heavy atom. The van der Waals surface area contributed by atoms with Gasteiger partial charge in [-0.1, -0.05) is 13.8 Å². The van der Waals surface area contributed by atoms with Gasteiger partial charge in [0.05, 0.1) is 24.4 Å². The summed E-state index contributed by atoms with van der Waals surface area (Å²) in [7, 11) is 0. The van der Waals surface area contributed by atoms with Crippen molar-refractivity contribution in [2.45, 2.75) is 70.1 Å². The number of hydrogen-bond acceptors (Lipinski definition) is 3. The number of rotatable bonds is 1. The molecule has 6 atom stereocenters. The van der Waals surface area contributed by atoms with Crippen molar-refractivity contribution in [1.29, 1.82) is 0 Å². The van der Waals surface area contributed by atoms with Gasteiger partial charge in [-0.05, 0) is 37.5 Å². The first-order valence-corrected chi connectivity index (χ1v) is 6.66. The lowest BCUT2D eigenvalue weighted by atomic mass is 9.82. The molecule has 1 aliphatic carbocycles. The molecule has 3 fully saturated rings. The molecule has 1 unspecified atom stereocenters. The summed E-state index contributed by atoms with van der Waals surface area (Å²) in [5, 5.41) is 10.3. The minimum Gasteiger partial charge on any atom is -0.390 e. The number of fused-ring (bicyclic) bond motifs is 2. The summed E-state index contributed by atoms with van der Waals surface area (Å²) in [6.45, 7) is 4.39. The second-order valence-corrected chi connectivity index (χ2v) is 5.91. The monoisotopic (exact) mass is 226 g/mol. The summed E-state index contributed by atoms with van der Waals surface area (Å²) in [5.41, 5.74) is 0. The maximum Gasteiger partial charge on any atom is 0.110 e. The van der Waals surface area contributed by atoms with Gasteiger partial charge in [-0.15, -0.1) is 0 Å². The Morgan fingerprint density at radius 1 is 0.938 bits per heavy atom. The third kappa shape index (κ3) is 2.01. The van der Waals surface area contributed by atoms with E-state index in [-0.39, 0.29) is 12.2 Å². The lowest BCUT2D eigenvalue weighted by molar-refractivity contribution is 0.0483. The Kier molecular flexibility index (Phi) is 2.73. The van der Waals surface area contributed by atoms with Crippen LogP contribution >= 0.6 is 0 Å². The molecular weight excluding hydrogens is 204 g/mol. The normalized spacial score (nSPS) is 51.8. The summed E-state index contributed by atoms with van der Waals surface area (Å²) in [6, 6.07) is 0. The van der Waals surface area contributed by atoms with E-state index in [4.69, 9.17) is 9.47 Å². The van der Waals surface area contributed by atoms with E-state index in [0.717, 1.165) is 25.7 Å². The standard InChI is InChI=1S/C13H22O3/c1-7(2)8-3-4-9-10(15-9)5-6-11-13(16-11)12(8)14/h7-14H,3-6H2,1-2H3/t8?,9-,10+,11+,12-,13+/m1/s1. The van der Waals surface area contributed by atoms with Gasteiger partial charge in [-0.2, -0.15) is 0 Å². The number of epoxide rings is 2. The molecule has 3 nitrogen and oxygen atoms in total. The average Bonchev–Trinajstić information content (AvgIpc) is 3.10. The maximum absolute atomic E-state index is 10.3. The van der Waals surface area contributed by atoms with Crippen molar-refractivity contribution in [2.75, 3.05) is 0 Å². The summed E-state index contributed by atoms with van der Waals surface area (Å²) in [5.74, 6) is 0.898. The Bertz CT molecular complexity index is 266. The Morgan fingerprint density at radius 3 is 2.25 bits per heavy atom. The quantitative estimate of drug-likeness (QED) is 0.693. The van der Waals surface area contributed by atoms with Crippen LogP contribution in [0.15, 0.2) is 0 Å². The van der Waals surface area contributed by atoms with Crippen molar-refractivity contribution in [2.24, 2.45) is 11.8 Å². The highest BCUT2D eigenvalue weighted by atomic mass is 16.6. The van der Waals surface area contributed by atoms with E-state index in [1.807, 2.05) is 0 Å². The van der Waals surface area contributed by atoms with Crippen LogP contribution in [0.25, 0.3) is 0 Å². The van der Waals surface area contributed by atoms with Gasteiger partial charge in [0.1, 0.15) is 6.10 Å². The van der Waals surface area contributed by atoms with Crippen molar-refractivity contribution in [3.8, 4) is 0 Å². The summed E-state index contributed by atoms with van der Waals surface area (Å²) in [4.78, 5) is 0. The lowest BCUT2D eigenvalue weighted by Gasteiger charge is -2.25. The topological polar surface area (TPSA) is 45.3 Å². The molecule has 0 aromatic carbocycles. The second-order valence-electron chi connectivity index (χ2n) is 5.91. The van der Waals surface area contributed by atoms with Gasteiger partial charge in [-0.25, -0.2) is 0 Å². The van der Waals surface area contributed by atoms with E-state index >= 15 is 0 Å². The zero-order chi connectivity index (χ0) is 11.3. The van der Waals surface area contributed by atoms with Gasteiger partial charge in [0, 0.05) is 0 Å². The van der Waals surface area contributed by atoms with Crippen LogP contribution in [0.3, 0.4) is 0 Å². The van der Waals surface area contributed by atoms with Gasteiger partial charge >= 0.3 is 0 Å². The molecule has 3 heteroatoms. The Labute approximate surface area is 97.1 Å². The van der Waals surface area contributed by atoms with Crippen LogP contribution < -0.4 is 0 Å². The fourth-order valence-electron chi connectivity index (χ4n) is 3.20. The summed E-state index contributed by atoms with van der Waals surface area (Å²) >= 11 is 0. The molecule has 0 aromatic rings. The zero-order valence-corrected chi connectivity index (χ0v) is 10.1. The van der Waals surface area contributed by atoms with Crippen LogP contribution in [-0.4, -0.2) is 35.6 Å². The van der Waals surface area contributed by atoms with Crippen LogP contribution in [0.5, 0.6) is 0 Å². The molecule has 16 heavy (non-hydrogen) atoms. The first-order valence-electron chi connectivity index (χ1n) is 6.66. The van der Waals surface area contributed by atoms with Crippen molar-refractivity contribution < 1.29 is 14.6 Å². The van der Waals surface area contributed by atoms with Crippen LogP contribution in [0.1, 0.15) is 39.5 Å². The van der Waals surface area contributed by atoms with E-state index in [0.29, 0.717) is 30.1 Å². The number of aliphatic hydroxyl groups is 1. The molecule has 0 amide bonds. The third-order valence-corrected chi connectivity index (χ3v) is 4.46. The smallest absolute Gasteiger partial charge is 0.110 e. The minimum atomic E-state index is -0.264. The summed E-state index contributed by atoms with van der Waals surface area (Å²) < 4.78 is 11.2. The molecule has 0 radical (unpaired) electrons. The molecule has 1 N–H and O–H groups in total. The lowest BCUT2D eigenvalue weighted by Crippen LogP contribution is -2.32. The first-order chi connectivity index (χ1) is 7.66. The molecule has 2 heterocycles. The van der Waals surface area contributed by atoms with E-state index in [9.17, 15) is 5.11 Å². The van der Waals surface area contributed by atoms with Crippen molar-refractivity contribution >= 4 is 0 Å². The molecule has 1 saturated carbocycles. The van der Waals surface area contributed by atoms with Gasteiger partial charge in [-0.3, -0.25) is 0 Å². The molecule has 3 rings (SSSR count). The SMILES string of the molecule is CC(C)C1CC[C@H]2O[C@H]2CC[C@@H]2O[C@@H]2[C@@H]1O. The maximum atomic E-state index is 10.3. The number of aliphatic hydroxyl groups excluding tert-OH is 1. The highest BCUT2D eigenvalue weighted by molar-refractivity contribution is 4.98. The van der Waals surface area contributed by atoms with E-state index in [1.54, 1.807) is 0 Å². The van der Waals surface area contributed by atoms with Crippen molar-refractivity contribution in [3.63, 3.8) is 0 Å². The molecule has 0 aromatic heterocycles. The predicted molar refractivity (Wildman–Crippen MR) is 60.1 cm³/mol. The first kappa shape index (κ1) is 11.0. The highest BCUT2D eigenvalue weighted by Crippen LogP contribution is 2.42. The average molecular weight is 226 g/mol. The van der Waals surface area contributed by atoms with Crippen LogP contribution in [0, 0.1) is 11.8 Å². The number of hydrogen-bond donors (Lipinski definition) is 1. The summed E-state index contributed by atoms with van der Waals surface area (Å²) in [6.07, 6.45) is 5.49. The Balaban J connectivity index is 1.68. The van der Waals surface area contributed by atoms with Gasteiger partial charge in [0.15, 0.2) is 0 Å². The third-order valence-electron chi connectivity index (χ3n) is 4.46. The van der Waals surface area contributed by atoms with E-state index in [2.05, 4.69) is 13.8 Å². The van der Waals surface area contributed by atoms with Crippen molar-refractivity contribution in [1.82, 2.24) is 0 Å². The predicted octanol–water partition coefficient (Wildman–Crippen LogP) is 1.73. The van der Waals surface area contributed by atoms with E-state index in [1.165, 1.54) is 0 Å². The van der Waals surface area contributed by atoms with Gasteiger partial charge in [0.2, 0.25) is 0 Å². The van der Waals surface area contributed by atoms with Gasteiger partial charge < -0.3 is 14.6 Å². The molecule has 2 saturated heterocycles. The van der Waals surface area contributed by atoms with Crippen LogP contribution in [-0.2, 0) is 9.47 Å². The largest absolute Gasteiger partial charge is 0.390 e. The molecule has 0 bridgehead atoms. The highest BCUT2D eigenvalue weighted by Gasteiger charge is 2.50. The second kappa shape index (κ2) is 3.97. The van der Waals surface area contributed by atoms with E-state index < -0.39 is 0 Å². The van der Waals surface area contributed by atoms with Crippen LogP contribution in [0.4, 0.5) is 0 Å². The fourth-order valence-corrected chi connectivity index (χ4v) is 3.20. The molecule has 3 aliphatic rings. The van der Waals surface area contributed by atoms with Crippen molar-refractivity contribution in [3.05, 3.63) is 0 Å². The Hall–Kier alpha value is -0.120. The fraction of sp³-hybridized carbons (Fsp3) is 1.00. The molecule has 2 aliphatic heterocycles. The zero-order valence-electron chi connectivity index (χ0n) is 10.1. The molecule has 0 spiro atoms. The molecule has 92 valence electrons. The van der Waals surface area contributed by atoms with Gasteiger partial charge in [0.25, 0.3) is 0 Å². The minimum absolute atomic E-state index is 0.114.